The first-order chi connectivity index (χ1) is 10.2. The van der Waals surface area contributed by atoms with E-state index < -0.39 is 0 Å². The Morgan fingerprint density at radius 2 is 1.29 bits per heavy atom. The second-order valence-corrected chi connectivity index (χ2v) is 8.30. The third-order valence-corrected chi connectivity index (χ3v) is 6.53. The highest BCUT2D eigenvalue weighted by atomic mass is 14.8. The van der Waals surface area contributed by atoms with Crippen LogP contribution in [0.5, 0.6) is 0 Å². The van der Waals surface area contributed by atoms with Crippen molar-refractivity contribution in [1.82, 2.24) is 0 Å². The van der Waals surface area contributed by atoms with Crippen molar-refractivity contribution in [1.29, 1.82) is 0 Å². The van der Waals surface area contributed by atoms with Gasteiger partial charge in [-0.3, -0.25) is 0 Å². The fourth-order valence-electron chi connectivity index (χ4n) is 4.99. The topological polar surface area (TPSA) is 26.0 Å². The Bertz CT molecular complexity index is 343. The zero-order valence-electron chi connectivity index (χ0n) is 14.1. The summed E-state index contributed by atoms with van der Waals surface area (Å²) in [6, 6.07) is 0. The Labute approximate surface area is 131 Å². The first-order valence-electron chi connectivity index (χ1n) is 9.65. The van der Waals surface area contributed by atoms with E-state index >= 15 is 0 Å². The minimum atomic E-state index is 0.0375. The van der Waals surface area contributed by atoms with Gasteiger partial charge in [0.1, 0.15) is 0 Å². The molecule has 0 bridgehead atoms. The summed E-state index contributed by atoms with van der Waals surface area (Å²) >= 11 is 0. The Kier molecular flexibility index (Phi) is 5.09. The summed E-state index contributed by atoms with van der Waals surface area (Å²) in [6.45, 7) is 2.37. The van der Waals surface area contributed by atoms with Crippen molar-refractivity contribution in [2.75, 3.05) is 0 Å². The van der Waals surface area contributed by atoms with Crippen molar-refractivity contribution in [3.8, 4) is 0 Å². The molecule has 1 nitrogen and oxygen atoms in total. The molecule has 0 aromatic heterocycles. The van der Waals surface area contributed by atoms with Crippen molar-refractivity contribution in [2.45, 2.75) is 102 Å². The minimum absolute atomic E-state index is 0.0375. The van der Waals surface area contributed by atoms with Crippen LogP contribution in [0.3, 0.4) is 0 Å². The first-order valence-corrected chi connectivity index (χ1v) is 9.65. The lowest BCUT2D eigenvalue weighted by atomic mass is 9.70. The van der Waals surface area contributed by atoms with Gasteiger partial charge >= 0.3 is 0 Å². The molecule has 0 aromatic carbocycles. The van der Waals surface area contributed by atoms with E-state index in [1.165, 1.54) is 89.9 Å². The fourth-order valence-corrected chi connectivity index (χ4v) is 4.99. The first kappa shape index (κ1) is 15.6. The second kappa shape index (κ2) is 6.86. The van der Waals surface area contributed by atoms with Crippen LogP contribution in [0.4, 0.5) is 0 Å². The molecule has 0 amide bonds. The second-order valence-electron chi connectivity index (χ2n) is 8.30. The van der Waals surface area contributed by atoms with Gasteiger partial charge in [0.2, 0.25) is 0 Å². The molecule has 3 aliphatic rings. The van der Waals surface area contributed by atoms with Crippen molar-refractivity contribution in [3.05, 3.63) is 11.1 Å². The van der Waals surface area contributed by atoms with Crippen LogP contribution in [0.25, 0.3) is 0 Å². The summed E-state index contributed by atoms with van der Waals surface area (Å²) in [5.74, 6) is 1.81. The summed E-state index contributed by atoms with van der Waals surface area (Å²) in [5, 5.41) is 0. The van der Waals surface area contributed by atoms with Gasteiger partial charge in [0.05, 0.1) is 0 Å². The average molecular weight is 290 g/mol. The molecule has 0 unspecified atom stereocenters. The molecule has 3 aliphatic carbocycles. The largest absolute Gasteiger partial charge is 0.322 e. The van der Waals surface area contributed by atoms with Crippen LogP contribution in [0.15, 0.2) is 11.1 Å². The molecule has 0 aromatic rings. The predicted octanol–water partition coefficient (Wildman–Crippen LogP) is 5.74. The molecule has 0 atom stereocenters. The zero-order valence-corrected chi connectivity index (χ0v) is 14.1. The molecule has 0 saturated heterocycles. The van der Waals surface area contributed by atoms with Crippen molar-refractivity contribution < 1.29 is 0 Å². The highest BCUT2D eigenvalue weighted by molar-refractivity contribution is 5.32. The molecule has 0 aliphatic heterocycles. The molecular weight excluding hydrogens is 254 g/mol. The molecule has 0 heterocycles. The molecule has 3 saturated carbocycles. The standard InChI is InChI=1S/C20H35N/c1-16(19-12-13-19)20(21,14-17-8-4-2-5-9-17)15-18-10-6-3-7-11-18/h17-18H,2-15,21H2,1H3. The van der Waals surface area contributed by atoms with Gasteiger partial charge in [-0.05, 0) is 44.4 Å². The van der Waals surface area contributed by atoms with Gasteiger partial charge in [0.15, 0.2) is 0 Å². The Morgan fingerprint density at radius 3 is 1.67 bits per heavy atom. The SMILES string of the molecule is CC(=C1CC1)C(N)(CC1CCCCC1)CC1CCCCC1. The summed E-state index contributed by atoms with van der Waals surface area (Å²) < 4.78 is 0. The molecule has 2 N–H and O–H groups in total. The van der Waals surface area contributed by atoms with E-state index in [9.17, 15) is 0 Å². The van der Waals surface area contributed by atoms with E-state index in [2.05, 4.69) is 6.92 Å². The number of hydrogen-bond donors (Lipinski definition) is 1. The van der Waals surface area contributed by atoms with E-state index in [1.807, 2.05) is 0 Å². The Hall–Kier alpha value is -0.300. The molecule has 3 fully saturated rings. The van der Waals surface area contributed by atoms with Crippen molar-refractivity contribution in [3.63, 3.8) is 0 Å². The third kappa shape index (κ3) is 4.12. The van der Waals surface area contributed by atoms with Crippen LogP contribution in [0.2, 0.25) is 0 Å². The van der Waals surface area contributed by atoms with Crippen LogP contribution < -0.4 is 5.73 Å². The molecule has 0 radical (unpaired) electrons. The van der Waals surface area contributed by atoms with E-state index in [0.717, 1.165) is 11.8 Å². The van der Waals surface area contributed by atoms with Crippen LogP contribution in [0.1, 0.15) is 96.8 Å². The fraction of sp³-hybridized carbons (Fsp3) is 0.900. The van der Waals surface area contributed by atoms with E-state index in [4.69, 9.17) is 5.73 Å². The number of rotatable bonds is 5. The third-order valence-electron chi connectivity index (χ3n) is 6.53. The molecule has 3 rings (SSSR count). The van der Waals surface area contributed by atoms with E-state index in [-0.39, 0.29) is 5.54 Å². The molecule has 21 heavy (non-hydrogen) atoms. The van der Waals surface area contributed by atoms with Crippen LogP contribution in [0, 0.1) is 11.8 Å². The van der Waals surface area contributed by atoms with Gasteiger partial charge in [-0.15, -0.1) is 0 Å². The molecular formula is C20H35N. The summed E-state index contributed by atoms with van der Waals surface area (Å²) in [5.41, 5.74) is 10.4. The smallest absolute Gasteiger partial charge is 0.0374 e. The lowest BCUT2D eigenvalue weighted by Gasteiger charge is -2.39. The normalized spacial score (nSPS) is 25.1. The Balaban J connectivity index is 1.68. The van der Waals surface area contributed by atoms with Crippen LogP contribution in [-0.2, 0) is 0 Å². The number of hydrogen-bond acceptors (Lipinski definition) is 1. The predicted molar refractivity (Wildman–Crippen MR) is 91.2 cm³/mol. The van der Waals surface area contributed by atoms with Gasteiger partial charge in [0.25, 0.3) is 0 Å². The monoisotopic (exact) mass is 289 g/mol. The van der Waals surface area contributed by atoms with Gasteiger partial charge in [-0.1, -0.05) is 75.4 Å². The molecule has 1 heteroatoms. The van der Waals surface area contributed by atoms with Crippen molar-refractivity contribution >= 4 is 0 Å². The average Bonchev–Trinajstić information content (AvgIpc) is 3.33. The quantitative estimate of drug-likeness (QED) is 0.642. The van der Waals surface area contributed by atoms with Gasteiger partial charge in [-0.25, -0.2) is 0 Å². The zero-order chi connectivity index (χ0) is 14.7. The number of allylic oxidation sites excluding steroid dienone is 1. The lowest BCUT2D eigenvalue weighted by Crippen LogP contribution is -2.45. The van der Waals surface area contributed by atoms with E-state index in [0.29, 0.717) is 0 Å². The van der Waals surface area contributed by atoms with Gasteiger partial charge < -0.3 is 5.73 Å². The highest BCUT2D eigenvalue weighted by Gasteiger charge is 2.36. The highest BCUT2D eigenvalue weighted by Crippen LogP contribution is 2.43. The van der Waals surface area contributed by atoms with Gasteiger partial charge in [0, 0.05) is 5.54 Å². The lowest BCUT2D eigenvalue weighted by molar-refractivity contribution is 0.223. The Morgan fingerprint density at radius 1 is 0.857 bits per heavy atom. The molecule has 120 valence electrons. The molecule has 0 spiro atoms. The van der Waals surface area contributed by atoms with Crippen LogP contribution in [-0.4, -0.2) is 5.54 Å². The van der Waals surface area contributed by atoms with Crippen molar-refractivity contribution in [2.24, 2.45) is 17.6 Å². The maximum atomic E-state index is 7.09. The summed E-state index contributed by atoms with van der Waals surface area (Å²) in [6.07, 6.45) is 19.7. The number of nitrogens with two attached hydrogens (primary N) is 1. The van der Waals surface area contributed by atoms with Gasteiger partial charge in [-0.2, -0.15) is 0 Å². The maximum Gasteiger partial charge on any atom is 0.0374 e. The minimum Gasteiger partial charge on any atom is -0.322 e. The summed E-state index contributed by atoms with van der Waals surface area (Å²) in [4.78, 5) is 0. The van der Waals surface area contributed by atoms with E-state index in [1.54, 1.807) is 11.1 Å². The van der Waals surface area contributed by atoms with Crippen LogP contribution >= 0.6 is 0 Å². The maximum absolute atomic E-state index is 7.09. The summed E-state index contributed by atoms with van der Waals surface area (Å²) in [7, 11) is 0.